The lowest BCUT2D eigenvalue weighted by Crippen LogP contribution is -2.40. The van der Waals surface area contributed by atoms with Crippen molar-refractivity contribution in [2.45, 2.75) is 76.3 Å². The lowest BCUT2D eigenvalue weighted by atomic mass is 9.96. The van der Waals surface area contributed by atoms with Gasteiger partial charge in [0, 0.05) is 34.0 Å². The van der Waals surface area contributed by atoms with Crippen molar-refractivity contribution in [1.29, 1.82) is 0 Å². The molecule has 2 aliphatic rings. The number of hydrogen-bond donors (Lipinski definition) is 5. The van der Waals surface area contributed by atoms with Gasteiger partial charge in [-0.2, -0.15) is 8.57 Å². The molecule has 1 atom stereocenters. The highest BCUT2D eigenvalue weighted by Gasteiger charge is 2.36. The molecule has 2 fully saturated rings. The summed E-state index contributed by atoms with van der Waals surface area (Å²) in [6.07, 6.45) is 10.9. The predicted molar refractivity (Wildman–Crippen MR) is 105 cm³/mol. The monoisotopic (exact) mass is 416 g/mol. The van der Waals surface area contributed by atoms with Gasteiger partial charge in [0.15, 0.2) is 0 Å². The lowest BCUT2D eigenvalue weighted by molar-refractivity contribution is 0.335. The summed E-state index contributed by atoms with van der Waals surface area (Å²) in [4.78, 5) is 0. The number of hydrogen-bond acceptors (Lipinski definition) is 4. The Balaban J connectivity index is 2.01. The van der Waals surface area contributed by atoms with Gasteiger partial charge in [0.25, 0.3) is 15.2 Å². The summed E-state index contributed by atoms with van der Waals surface area (Å²) in [5.41, 5.74) is 16.9. The van der Waals surface area contributed by atoms with Crippen LogP contribution < -0.4 is 26.1 Å². The van der Waals surface area contributed by atoms with Gasteiger partial charge < -0.3 is 0 Å². The van der Waals surface area contributed by atoms with Crippen molar-refractivity contribution >= 4 is 37.1 Å². The Kier molecular flexibility index (Phi) is 8.61. The standard InChI is InChI=1S/C12H30N6O2P2S2/c13-21(14,19)17-23-24-18(12-9-5-2-6-10-12)22(15,20)16-11-7-3-1-4-8-11/h11-12H,1-10H2,(H3,15,16,20)(H5,13,14,17,19). The SMILES string of the molecule is NP(N)(=O)NSSN(C1CCCCC1)P(N)(=O)NC1CCCCC1. The zero-order valence-corrected chi connectivity index (χ0v) is 17.4. The Hall–Kier alpha value is 0.920. The normalized spacial score (nSPS) is 24.2. The largest absolute Gasteiger partial charge is 0.289 e. The van der Waals surface area contributed by atoms with Gasteiger partial charge in [-0.25, -0.2) is 5.09 Å². The molecule has 0 radical (unpaired) electrons. The first-order chi connectivity index (χ1) is 11.3. The third kappa shape index (κ3) is 7.27. The highest BCUT2D eigenvalue weighted by Crippen LogP contribution is 2.52. The smallest absolute Gasteiger partial charge is 0.271 e. The molecule has 8 nitrogen and oxygen atoms in total. The van der Waals surface area contributed by atoms with Crippen molar-refractivity contribution in [3.8, 4) is 0 Å². The molecule has 0 heterocycles. The van der Waals surface area contributed by atoms with Gasteiger partial charge in [0.1, 0.15) is 0 Å². The van der Waals surface area contributed by atoms with Crippen LogP contribution in [0.4, 0.5) is 0 Å². The third-order valence-corrected chi connectivity index (χ3v) is 10.7. The van der Waals surface area contributed by atoms with E-state index in [1.807, 2.05) is 0 Å². The third-order valence-electron chi connectivity index (χ3n) is 4.45. The topological polar surface area (TPSA) is 140 Å². The summed E-state index contributed by atoms with van der Waals surface area (Å²) in [5.74, 6) is 0. The van der Waals surface area contributed by atoms with Crippen molar-refractivity contribution in [1.82, 2.24) is 13.7 Å². The van der Waals surface area contributed by atoms with E-state index in [0.29, 0.717) is 0 Å². The summed E-state index contributed by atoms with van der Waals surface area (Å²) in [5, 5.41) is 3.21. The molecule has 8 N–H and O–H groups in total. The van der Waals surface area contributed by atoms with E-state index in [0.717, 1.165) is 62.3 Å². The van der Waals surface area contributed by atoms with Crippen LogP contribution in [-0.4, -0.2) is 16.2 Å². The lowest BCUT2D eigenvalue weighted by Gasteiger charge is -2.38. The first kappa shape index (κ1) is 21.2. The first-order valence-corrected chi connectivity index (χ1v) is 14.2. The Bertz CT molecular complexity index is 482. The average Bonchev–Trinajstić information content (AvgIpc) is 2.52. The van der Waals surface area contributed by atoms with Crippen molar-refractivity contribution < 1.29 is 9.13 Å². The van der Waals surface area contributed by atoms with Crippen molar-refractivity contribution in [3.05, 3.63) is 0 Å². The molecular formula is C12H30N6O2P2S2. The van der Waals surface area contributed by atoms with E-state index in [2.05, 4.69) is 9.58 Å². The van der Waals surface area contributed by atoms with E-state index >= 15 is 0 Å². The van der Waals surface area contributed by atoms with Crippen molar-refractivity contribution in [2.24, 2.45) is 16.5 Å². The van der Waals surface area contributed by atoms with Crippen molar-refractivity contribution in [3.63, 3.8) is 0 Å². The molecule has 0 aliphatic heterocycles. The van der Waals surface area contributed by atoms with E-state index in [1.165, 1.54) is 23.8 Å². The molecule has 142 valence electrons. The van der Waals surface area contributed by atoms with Gasteiger partial charge in [-0.3, -0.25) is 25.6 Å². The van der Waals surface area contributed by atoms with Crippen molar-refractivity contribution in [2.75, 3.05) is 0 Å². The predicted octanol–water partition coefficient (Wildman–Crippen LogP) is 3.44. The van der Waals surface area contributed by atoms with Crippen LogP contribution >= 0.6 is 37.1 Å². The minimum Gasteiger partial charge on any atom is -0.271 e. The fourth-order valence-electron chi connectivity index (χ4n) is 3.32. The number of nitrogens with one attached hydrogen (secondary N) is 2. The van der Waals surface area contributed by atoms with Crippen LogP contribution in [0.5, 0.6) is 0 Å². The van der Waals surface area contributed by atoms with Crippen LogP contribution in [0, 0.1) is 0 Å². The van der Waals surface area contributed by atoms with Crippen LogP contribution in [0.3, 0.4) is 0 Å². The van der Waals surface area contributed by atoms with Gasteiger partial charge in [0.2, 0.25) is 0 Å². The molecule has 0 aromatic heterocycles. The van der Waals surface area contributed by atoms with Crippen LogP contribution in [0.2, 0.25) is 0 Å². The summed E-state index contributed by atoms with van der Waals surface area (Å²) in [7, 11) is -4.30. The highest BCUT2D eigenvalue weighted by molar-refractivity contribution is 8.76. The molecule has 0 spiro atoms. The van der Waals surface area contributed by atoms with Gasteiger partial charge in [-0.15, -0.1) is 0 Å². The Morgan fingerprint density at radius 1 is 0.875 bits per heavy atom. The Labute approximate surface area is 152 Å². The van der Waals surface area contributed by atoms with E-state index in [4.69, 9.17) is 16.5 Å². The molecule has 0 saturated heterocycles. The van der Waals surface area contributed by atoms with E-state index < -0.39 is 15.2 Å². The van der Waals surface area contributed by atoms with Crippen LogP contribution in [0.15, 0.2) is 0 Å². The quantitative estimate of drug-likeness (QED) is 0.227. The zero-order chi connectivity index (χ0) is 17.6. The second-order valence-corrected chi connectivity index (χ2v) is 12.7. The Morgan fingerprint density at radius 3 is 1.96 bits per heavy atom. The summed E-state index contributed by atoms with van der Waals surface area (Å²) >= 11 is 0. The molecule has 2 rings (SSSR count). The first-order valence-electron chi connectivity index (χ1n) is 8.52. The molecule has 2 saturated carbocycles. The summed E-state index contributed by atoms with van der Waals surface area (Å²) < 4.78 is 28.9. The zero-order valence-electron chi connectivity index (χ0n) is 13.9. The van der Waals surface area contributed by atoms with E-state index in [-0.39, 0.29) is 12.1 Å². The molecule has 1 unspecified atom stereocenters. The molecule has 0 aromatic carbocycles. The van der Waals surface area contributed by atoms with Crippen LogP contribution in [-0.2, 0) is 9.13 Å². The van der Waals surface area contributed by atoms with E-state index in [1.54, 1.807) is 4.08 Å². The molecule has 2 aliphatic carbocycles. The van der Waals surface area contributed by atoms with Gasteiger partial charge in [-0.05, 0) is 25.7 Å². The average molecular weight is 416 g/mol. The molecular weight excluding hydrogens is 386 g/mol. The van der Waals surface area contributed by atoms with Gasteiger partial charge >= 0.3 is 0 Å². The molecule has 0 bridgehead atoms. The molecule has 0 aromatic rings. The second-order valence-electron chi connectivity index (χ2n) is 6.64. The fourth-order valence-corrected chi connectivity index (χ4v) is 9.61. The van der Waals surface area contributed by atoms with Gasteiger partial charge in [-0.1, -0.05) is 38.5 Å². The highest BCUT2D eigenvalue weighted by atomic mass is 33.1. The maximum atomic E-state index is 13.2. The second kappa shape index (κ2) is 9.74. The fraction of sp³-hybridized carbons (Fsp3) is 1.00. The summed E-state index contributed by atoms with van der Waals surface area (Å²) in [6.45, 7) is 0. The molecule has 12 heteroatoms. The maximum Gasteiger partial charge on any atom is 0.289 e. The minimum atomic E-state index is -3.33. The Morgan fingerprint density at radius 2 is 1.42 bits per heavy atom. The minimum absolute atomic E-state index is 0.139. The summed E-state index contributed by atoms with van der Waals surface area (Å²) in [6, 6.07) is 0.342. The van der Waals surface area contributed by atoms with Gasteiger partial charge in [0.05, 0.1) is 0 Å². The number of rotatable bonds is 8. The molecule has 24 heavy (non-hydrogen) atoms. The maximum absolute atomic E-state index is 13.2. The van der Waals surface area contributed by atoms with E-state index in [9.17, 15) is 9.13 Å². The molecule has 0 amide bonds. The number of nitrogens with two attached hydrogens (primary N) is 3. The number of nitrogens with zero attached hydrogens (tertiary/aromatic N) is 1. The van der Waals surface area contributed by atoms with Crippen LogP contribution in [0.25, 0.3) is 0 Å². The van der Waals surface area contributed by atoms with Crippen LogP contribution in [0.1, 0.15) is 64.2 Å².